The van der Waals surface area contributed by atoms with Crippen LogP contribution in [0.1, 0.15) is 27.9 Å². The molecule has 0 radical (unpaired) electrons. The lowest BCUT2D eigenvalue weighted by molar-refractivity contribution is -0.119. The summed E-state index contributed by atoms with van der Waals surface area (Å²) in [6, 6.07) is 29.4. The second-order valence-corrected chi connectivity index (χ2v) is 8.55. The number of carbonyl (C=O) groups excluding carboxylic acids is 2. The van der Waals surface area contributed by atoms with E-state index in [2.05, 4.69) is 0 Å². The molecule has 6 heteroatoms. The first-order valence-corrected chi connectivity index (χ1v) is 11.4. The molecule has 0 saturated heterocycles. The van der Waals surface area contributed by atoms with Gasteiger partial charge in [-0.2, -0.15) is 5.10 Å². The van der Waals surface area contributed by atoms with Crippen molar-refractivity contribution < 1.29 is 9.59 Å². The summed E-state index contributed by atoms with van der Waals surface area (Å²) in [5.74, 6) is 0.850. The standard InChI is InChI=1S/C28H26N4O2/c1-30(19-21-8-4-2-5-9-21)28(34)24-14-12-22(13-15-24)20-31-26-18-25(23-10-6-3-7-11-23)29-32(26)17-16-27(31)33/h2-15,18H,16-17,19-20H2,1H3. The molecule has 1 aromatic heterocycles. The second kappa shape index (κ2) is 9.35. The zero-order valence-corrected chi connectivity index (χ0v) is 19.1. The lowest BCUT2D eigenvalue weighted by Crippen LogP contribution is -2.36. The van der Waals surface area contributed by atoms with E-state index < -0.39 is 0 Å². The fraction of sp³-hybridized carbons (Fsp3) is 0.179. The van der Waals surface area contributed by atoms with Crippen molar-refractivity contribution >= 4 is 17.6 Å². The first-order valence-electron chi connectivity index (χ1n) is 11.4. The van der Waals surface area contributed by atoms with Gasteiger partial charge < -0.3 is 4.90 Å². The Morgan fingerprint density at radius 2 is 1.59 bits per heavy atom. The fourth-order valence-corrected chi connectivity index (χ4v) is 4.26. The average molecular weight is 451 g/mol. The highest BCUT2D eigenvalue weighted by Gasteiger charge is 2.26. The topological polar surface area (TPSA) is 58.4 Å². The van der Waals surface area contributed by atoms with E-state index in [0.29, 0.717) is 31.6 Å². The molecule has 3 aromatic carbocycles. The van der Waals surface area contributed by atoms with Gasteiger partial charge in [0.15, 0.2) is 0 Å². The Morgan fingerprint density at radius 3 is 2.29 bits per heavy atom. The van der Waals surface area contributed by atoms with Gasteiger partial charge in [-0.05, 0) is 23.3 Å². The first-order chi connectivity index (χ1) is 16.6. The highest BCUT2D eigenvalue weighted by atomic mass is 16.2. The summed E-state index contributed by atoms with van der Waals surface area (Å²) < 4.78 is 1.90. The molecule has 170 valence electrons. The maximum atomic E-state index is 12.9. The van der Waals surface area contributed by atoms with Gasteiger partial charge in [-0.3, -0.25) is 14.5 Å². The van der Waals surface area contributed by atoms with Crippen LogP contribution >= 0.6 is 0 Å². The predicted octanol–water partition coefficient (Wildman–Crippen LogP) is 4.76. The lowest BCUT2D eigenvalue weighted by Gasteiger charge is -2.27. The van der Waals surface area contributed by atoms with Crippen LogP contribution in [0.4, 0.5) is 5.82 Å². The summed E-state index contributed by atoms with van der Waals surface area (Å²) in [5, 5.41) is 4.71. The number of anilines is 1. The molecule has 1 aliphatic rings. The van der Waals surface area contributed by atoms with Crippen LogP contribution in [0.5, 0.6) is 0 Å². The van der Waals surface area contributed by atoms with Crippen molar-refractivity contribution in [3.05, 3.63) is 108 Å². The Bertz CT molecular complexity index is 1300. The molecule has 0 atom stereocenters. The minimum Gasteiger partial charge on any atom is -0.337 e. The largest absolute Gasteiger partial charge is 0.337 e. The molecule has 0 aliphatic carbocycles. The molecule has 0 fully saturated rings. The third kappa shape index (κ3) is 4.48. The summed E-state index contributed by atoms with van der Waals surface area (Å²) in [5.41, 5.74) is 4.57. The Morgan fingerprint density at radius 1 is 0.912 bits per heavy atom. The molecule has 0 spiro atoms. The van der Waals surface area contributed by atoms with Gasteiger partial charge in [0.2, 0.25) is 5.91 Å². The van der Waals surface area contributed by atoms with Gasteiger partial charge in [-0.15, -0.1) is 0 Å². The molecule has 6 nitrogen and oxygen atoms in total. The fourth-order valence-electron chi connectivity index (χ4n) is 4.26. The maximum absolute atomic E-state index is 12.9. The van der Waals surface area contributed by atoms with Crippen LogP contribution in [-0.2, 0) is 24.4 Å². The van der Waals surface area contributed by atoms with Gasteiger partial charge in [-0.1, -0.05) is 72.8 Å². The van der Waals surface area contributed by atoms with Gasteiger partial charge in [0.25, 0.3) is 5.91 Å². The first kappa shape index (κ1) is 21.6. The van der Waals surface area contributed by atoms with E-state index >= 15 is 0 Å². The molecule has 0 unspecified atom stereocenters. The van der Waals surface area contributed by atoms with Gasteiger partial charge in [0, 0.05) is 37.2 Å². The van der Waals surface area contributed by atoms with E-state index in [-0.39, 0.29) is 11.8 Å². The van der Waals surface area contributed by atoms with Crippen molar-refractivity contribution in [2.75, 3.05) is 11.9 Å². The number of hydrogen-bond donors (Lipinski definition) is 0. The molecule has 0 bridgehead atoms. The number of hydrogen-bond acceptors (Lipinski definition) is 3. The van der Waals surface area contributed by atoms with Crippen LogP contribution < -0.4 is 4.90 Å². The number of amides is 2. The zero-order chi connectivity index (χ0) is 23.5. The second-order valence-electron chi connectivity index (χ2n) is 8.55. The summed E-state index contributed by atoms with van der Waals surface area (Å²) in [6.07, 6.45) is 0.420. The molecule has 4 aromatic rings. The maximum Gasteiger partial charge on any atom is 0.253 e. The van der Waals surface area contributed by atoms with Crippen LogP contribution in [0, 0.1) is 0 Å². The molecule has 0 N–H and O–H groups in total. The molecule has 34 heavy (non-hydrogen) atoms. The summed E-state index contributed by atoms with van der Waals surface area (Å²) in [7, 11) is 1.81. The highest BCUT2D eigenvalue weighted by molar-refractivity contribution is 5.95. The van der Waals surface area contributed by atoms with Crippen molar-refractivity contribution in [3.8, 4) is 11.3 Å². The number of rotatable bonds is 6. The van der Waals surface area contributed by atoms with E-state index in [1.807, 2.05) is 95.7 Å². The highest BCUT2D eigenvalue weighted by Crippen LogP contribution is 2.29. The minimum atomic E-state index is -0.0324. The van der Waals surface area contributed by atoms with Crippen molar-refractivity contribution in [2.45, 2.75) is 26.1 Å². The van der Waals surface area contributed by atoms with Crippen LogP contribution in [-0.4, -0.2) is 33.5 Å². The third-order valence-electron chi connectivity index (χ3n) is 6.09. The molecular formula is C28H26N4O2. The quantitative estimate of drug-likeness (QED) is 0.426. The third-order valence-corrected chi connectivity index (χ3v) is 6.09. The van der Waals surface area contributed by atoms with Crippen molar-refractivity contribution in [2.24, 2.45) is 0 Å². The van der Waals surface area contributed by atoms with E-state index in [1.165, 1.54) is 0 Å². The molecule has 2 heterocycles. The van der Waals surface area contributed by atoms with E-state index in [1.54, 1.807) is 16.8 Å². The van der Waals surface area contributed by atoms with E-state index in [0.717, 1.165) is 28.2 Å². The molecule has 2 amide bonds. The van der Waals surface area contributed by atoms with Crippen LogP contribution in [0.2, 0.25) is 0 Å². The number of benzene rings is 3. The molecule has 5 rings (SSSR count). The van der Waals surface area contributed by atoms with Gasteiger partial charge >= 0.3 is 0 Å². The molecular weight excluding hydrogens is 424 g/mol. The van der Waals surface area contributed by atoms with Gasteiger partial charge in [0.1, 0.15) is 5.82 Å². The van der Waals surface area contributed by atoms with Crippen molar-refractivity contribution in [1.82, 2.24) is 14.7 Å². The Balaban J connectivity index is 1.31. The van der Waals surface area contributed by atoms with Gasteiger partial charge in [-0.25, -0.2) is 4.68 Å². The van der Waals surface area contributed by atoms with Crippen LogP contribution in [0.3, 0.4) is 0 Å². The monoisotopic (exact) mass is 450 g/mol. The summed E-state index contributed by atoms with van der Waals surface area (Å²) >= 11 is 0. The number of nitrogens with zero attached hydrogens (tertiary/aromatic N) is 4. The summed E-state index contributed by atoms with van der Waals surface area (Å²) in [6.45, 7) is 1.57. The van der Waals surface area contributed by atoms with Gasteiger partial charge in [0.05, 0.1) is 18.8 Å². The normalized spacial score (nSPS) is 13.0. The zero-order valence-electron chi connectivity index (χ0n) is 19.1. The lowest BCUT2D eigenvalue weighted by atomic mass is 10.1. The van der Waals surface area contributed by atoms with Crippen LogP contribution in [0.25, 0.3) is 11.3 Å². The Labute approximate surface area is 199 Å². The number of aryl methyl sites for hydroxylation is 1. The summed E-state index contributed by atoms with van der Waals surface area (Å²) in [4.78, 5) is 29.1. The smallest absolute Gasteiger partial charge is 0.253 e. The molecule has 1 aliphatic heterocycles. The Hall–Kier alpha value is -4.19. The number of carbonyl (C=O) groups is 2. The van der Waals surface area contributed by atoms with Crippen molar-refractivity contribution in [1.29, 1.82) is 0 Å². The average Bonchev–Trinajstić information content (AvgIpc) is 3.32. The van der Waals surface area contributed by atoms with Crippen molar-refractivity contribution in [3.63, 3.8) is 0 Å². The predicted molar refractivity (Wildman–Crippen MR) is 132 cm³/mol. The van der Waals surface area contributed by atoms with Crippen LogP contribution in [0.15, 0.2) is 91.0 Å². The SMILES string of the molecule is CN(Cc1ccccc1)C(=O)c1ccc(CN2C(=O)CCn3nc(-c4ccccc4)cc32)cc1. The molecule has 0 saturated carbocycles. The Kier molecular flexibility index (Phi) is 5.95. The minimum absolute atomic E-state index is 0.0324. The number of aromatic nitrogens is 2. The van der Waals surface area contributed by atoms with E-state index in [4.69, 9.17) is 5.10 Å². The number of fused-ring (bicyclic) bond motifs is 1. The van der Waals surface area contributed by atoms with E-state index in [9.17, 15) is 9.59 Å².